The zero-order chi connectivity index (χ0) is 14.5. The maximum atomic E-state index is 12.0. The molecule has 4 heteroatoms. The number of benzene rings is 2. The summed E-state index contributed by atoms with van der Waals surface area (Å²) in [4.78, 5) is 12.0. The van der Waals surface area contributed by atoms with E-state index in [1.54, 1.807) is 24.3 Å². The molecule has 0 aromatic heterocycles. The van der Waals surface area contributed by atoms with Gasteiger partial charge in [0.25, 0.3) is 0 Å². The van der Waals surface area contributed by atoms with Crippen molar-refractivity contribution in [2.24, 2.45) is 0 Å². The molecule has 2 aromatic rings. The minimum absolute atomic E-state index is 0.0623. The van der Waals surface area contributed by atoms with E-state index in [9.17, 15) is 9.90 Å². The van der Waals surface area contributed by atoms with E-state index < -0.39 is 0 Å². The SMILES string of the molecule is CCc1cc(Br)ccc1NC(=O)Cc1ccc(O)cc1. The van der Waals surface area contributed by atoms with Crippen molar-refractivity contribution in [3.63, 3.8) is 0 Å². The van der Waals surface area contributed by atoms with Gasteiger partial charge in [0.1, 0.15) is 5.75 Å². The standard InChI is InChI=1S/C16H16BrNO2/c1-2-12-10-13(17)5-8-15(12)18-16(20)9-11-3-6-14(19)7-4-11/h3-8,10,19H,2,9H2,1H3,(H,18,20). The van der Waals surface area contributed by atoms with Crippen molar-refractivity contribution in [2.75, 3.05) is 5.32 Å². The number of phenolic OH excluding ortho intramolecular Hbond substituents is 1. The highest BCUT2D eigenvalue weighted by Gasteiger charge is 2.07. The van der Waals surface area contributed by atoms with Gasteiger partial charge in [-0.25, -0.2) is 0 Å². The van der Waals surface area contributed by atoms with E-state index in [4.69, 9.17) is 0 Å². The van der Waals surface area contributed by atoms with Crippen LogP contribution in [0.2, 0.25) is 0 Å². The van der Waals surface area contributed by atoms with Gasteiger partial charge < -0.3 is 10.4 Å². The van der Waals surface area contributed by atoms with Crippen LogP contribution in [0.25, 0.3) is 0 Å². The highest BCUT2D eigenvalue weighted by Crippen LogP contribution is 2.22. The Balaban J connectivity index is 2.06. The molecule has 0 saturated heterocycles. The second-order valence-electron chi connectivity index (χ2n) is 4.55. The van der Waals surface area contributed by atoms with Crippen LogP contribution in [0.4, 0.5) is 5.69 Å². The molecule has 0 aliphatic carbocycles. The zero-order valence-electron chi connectivity index (χ0n) is 11.2. The first-order valence-corrected chi connectivity index (χ1v) is 7.24. The first-order valence-electron chi connectivity index (χ1n) is 6.44. The van der Waals surface area contributed by atoms with Crippen molar-refractivity contribution in [3.05, 3.63) is 58.1 Å². The second-order valence-corrected chi connectivity index (χ2v) is 5.46. The Kier molecular flexibility index (Phi) is 4.79. The second kappa shape index (κ2) is 6.57. The molecule has 2 aromatic carbocycles. The van der Waals surface area contributed by atoms with Crippen LogP contribution in [0.3, 0.4) is 0 Å². The smallest absolute Gasteiger partial charge is 0.228 e. The van der Waals surface area contributed by atoms with E-state index in [0.717, 1.165) is 27.7 Å². The number of anilines is 1. The number of hydrogen-bond donors (Lipinski definition) is 2. The third-order valence-electron chi connectivity index (χ3n) is 3.02. The summed E-state index contributed by atoms with van der Waals surface area (Å²) in [5, 5.41) is 12.1. The lowest BCUT2D eigenvalue weighted by atomic mass is 10.1. The number of aryl methyl sites for hydroxylation is 1. The Morgan fingerprint density at radius 2 is 1.90 bits per heavy atom. The first-order chi connectivity index (χ1) is 9.58. The Bertz CT molecular complexity index is 608. The van der Waals surface area contributed by atoms with Gasteiger partial charge in [-0.15, -0.1) is 0 Å². The molecule has 2 rings (SSSR count). The lowest BCUT2D eigenvalue weighted by Crippen LogP contribution is -2.15. The van der Waals surface area contributed by atoms with Crippen LogP contribution >= 0.6 is 15.9 Å². The molecule has 0 saturated carbocycles. The monoisotopic (exact) mass is 333 g/mol. The van der Waals surface area contributed by atoms with Gasteiger partial charge in [-0.2, -0.15) is 0 Å². The molecular formula is C16H16BrNO2. The topological polar surface area (TPSA) is 49.3 Å². The summed E-state index contributed by atoms with van der Waals surface area (Å²) in [5.41, 5.74) is 2.81. The Labute approximate surface area is 126 Å². The minimum atomic E-state index is -0.0623. The highest BCUT2D eigenvalue weighted by atomic mass is 79.9. The number of hydrogen-bond acceptors (Lipinski definition) is 2. The Morgan fingerprint density at radius 1 is 1.20 bits per heavy atom. The summed E-state index contributed by atoms with van der Waals surface area (Å²) < 4.78 is 1.01. The van der Waals surface area contributed by atoms with Crippen molar-refractivity contribution < 1.29 is 9.90 Å². The van der Waals surface area contributed by atoms with Gasteiger partial charge in [-0.1, -0.05) is 35.0 Å². The fourth-order valence-corrected chi connectivity index (χ4v) is 2.38. The first kappa shape index (κ1) is 14.6. The average molecular weight is 334 g/mol. The lowest BCUT2D eigenvalue weighted by molar-refractivity contribution is -0.115. The van der Waals surface area contributed by atoms with Gasteiger partial charge >= 0.3 is 0 Å². The molecule has 3 nitrogen and oxygen atoms in total. The predicted octanol–water partition coefficient (Wildman–Crippen LogP) is 3.90. The maximum absolute atomic E-state index is 12.0. The van der Waals surface area contributed by atoms with Crippen LogP contribution in [-0.2, 0) is 17.6 Å². The highest BCUT2D eigenvalue weighted by molar-refractivity contribution is 9.10. The number of carbonyl (C=O) groups excluding carboxylic acids is 1. The summed E-state index contributed by atoms with van der Waals surface area (Å²) in [5.74, 6) is 0.142. The van der Waals surface area contributed by atoms with E-state index in [-0.39, 0.29) is 11.7 Å². The van der Waals surface area contributed by atoms with Crippen LogP contribution in [0.5, 0.6) is 5.75 Å². The summed E-state index contributed by atoms with van der Waals surface area (Å²) >= 11 is 3.43. The fourth-order valence-electron chi connectivity index (χ4n) is 1.97. The molecule has 0 heterocycles. The van der Waals surface area contributed by atoms with Crippen LogP contribution in [0.1, 0.15) is 18.1 Å². The average Bonchev–Trinajstić information content (AvgIpc) is 2.43. The van der Waals surface area contributed by atoms with E-state index in [2.05, 4.69) is 28.2 Å². The van der Waals surface area contributed by atoms with Crippen LogP contribution in [0, 0.1) is 0 Å². The van der Waals surface area contributed by atoms with Gasteiger partial charge in [0.15, 0.2) is 0 Å². The molecule has 0 fully saturated rings. The maximum Gasteiger partial charge on any atom is 0.228 e. The quantitative estimate of drug-likeness (QED) is 0.891. The van der Waals surface area contributed by atoms with Crippen LogP contribution < -0.4 is 5.32 Å². The van der Waals surface area contributed by atoms with E-state index in [0.29, 0.717) is 6.42 Å². The molecular weight excluding hydrogens is 318 g/mol. The molecule has 0 aliphatic rings. The number of rotatable bonds is 4. The number of nitrogens with one attached hydrogen (secondary N) is 1. The molecule has 0 atom stereocenters. The lowest BCUT2D eigenvalue weighted by Gasteiger charge is -2.10. The minimum Gasteiger partial charge on any atom is -0.508 e. The predicted molar refractivity (Wildman–Crippen MR) is 84.0 cm³/mol. The van der Waals surface area contributed by atoms with Gasteiger partial charge in [-0.05, 0) is 47.9 Å². The van der Waals surface area contributed by atoms with Crippen LogP contribution in [0.15, 0.2) is 46.9 Å². The third kappa shape index (κ3) is 3.84. The molecule has 0 radical (unpaired) electrons. The van der Waals surface area contributed by atoms with Crippen molar-refractivity contribution in [2.45, 2.75) is 19.8 Å². The van der Waals surface area contributed by atoms with E-state index in [1.807, 2.05) is 18.2 Å². The van der Waals surface area contributed by atoms with Gasteiger partial charge in [0.05, 0.1) is 6.42 Å². The molecule has 104 valence electrons. The number of amides is 1. The number of phenols is 1. The molecule has 20 heavy (non-hydrogen) atoms. The number of aromatic hydroxyl groups is 1. The Morgan fingerprint density at radius 3 is 2.55 bits per heavy atom. The van der Waals surface area contributed by atoms with Gasteiger partial charge in [0, 0.05) is 10.2 Å². The number of carbonyl (C=O) groups is 1. The van der Waals surface area contributed by atoms with Crippen molar-refractivity contribution >= 4 is 27.5 Å². The summed E-state index contributed by atoms with van der Waals surface area (Å²) in [6, 6.07) is 12.5. The summed E-state index contributed by atoms with van der Waals surface area (Å²) in [6.45, 7) is 2.05. The van der Waals surface area contributed by atoms with Crippen molar-refractivity contribution in [1.29, 1.82) is 0 Å². The van der Waals surface area contributed by atoms with Gasteiger partial charge in [-0.3, -0.25) is 4.79 Å². The largest absolute Gasteiger partial charge is 0.508 e. The zero-order valence-corrected chi connectivity index (χ0v) is 12.8. The number of halogens is 1. The molecule has 0 bridgehead atoms. The fraction of sp³-hybridized carbons (Fsp3) is 0.188. The van der Waals surface area contributed by atoms with E-state index in [1.165, 1.54) is 0 Å². The molecule has 1 amide bonds. The van der Waals surface area contributed by atoms with Crippen molar-refractivity contribution in [3.8, 4) is 5.75 Å². The summed E-state index contributed by atoms with van der Waals surface area (Å²) in [6.07, 6.45) is 1.15. The molecule has 0 spiro atoms. The molecule has 2 N–H and O–H groups in total. The Hall–Kier alpha value is -1.81. The van der Waals surface area contributed by atoms with Crippen LogP contribution in [-0.4, -0.2) is 11.0 Å². The van der Waals surface area contributed by atoms with Crippen molar-refractivity contribution in [1.82, 2.24) is 0 Å². The summed E-state index contributed by atoms with van der Waals surface area (Å²) in [7, 11) is 0. The van der Waals surface area contributed by atoms with E-state index >= 15 is 0 Å². The third-order valence-corrected chi connectivity index (χ3v) is 3.52. The normalized spacial score (nSPS) is 10.3. The van der Waals surface area contributed by atoms with Gasteiger partial charge in [0.2, 0.25) is 5.91 Å². The molecule has 0 unspecified atom stereocenters. The molecule has 0 aliphatic heterocycles.